The molecule has 17 heavy (non-hydrogen) atoms. The molecule has 0 radical (unpaired) electrons. The molecule has 1 heteroatoms. The third kappa shape index (κ3) is 7.08. The molecule has 1 N–H and O–H groups in total. The Morgan fingerprint density at radius 1 is 0.941 bits per heavy atom. The van der Waals surface area contributed by atoms with Gasteiger partial charge in [0.25, 0.3) is 0 Å². The third-order valence-corrected chi connectivity index (χ3v) is 4.16. The topological polar surface area (TPSA) is 12.0 Å². The van der Waals surface area contributed by atoms with E-state index >= 15 is 0 Å². The largest absolute Gasteiger partial charge is 0.312 e. The monoisotopic (exact) mass is 239 g/mol. The van der Waals surface area contributed by atoms with Gasteiger partial charge in [0.2, 0.25) is 0 Å². The number of rotatable bonds is 6. The van der Waals surface area contributed by atoms with Gasteiger partial charge in [0.15, 0.2) is 0 Å². The first kappa shape index (κ1) is 15.0. The molecule has 1 nitrogen and oxygen atoms in total. The minimum absolute atomic E-state index is 0.265. The van der Waals surface area contributed by atoms with Gasteiger partial charge in [-0.05, 0) is 57.9 Å². The van der Waals surface area contributed by atoms with E-state index in [1.165, 1.54) is 44.9 Å². The van der Waals surface area contributed by atoms with Crippen molar-refractivity contribution in [2.24, 2.45) is 11.3 Å². The highest BCUT2D eigenvalue weighted by Gasteiger charge is 2.22. The van der Waals surface area contributed by atoms with Crippen LogP contribution in [0.1, 0.15) is 79.6 Å². The molecule has 0 aliphatic heterocycles. The molecule has 0 spiro atoms. The Hall–Kier alpha value is -0.0400. The maximum Gasteiger partial charge on any atom is 0.00965 e. The van der Waals surface area contributed by atoms with Crippen LogP contribution in [-0.2, 0) is 0 Å². The molecule has 1 saturated carbocycles. The average Bonchev–Trinajstić information content (AvgIpc) is 2.64. The zero-order chi connectivity index (χ0) is 12.9. The molecular formula is C16H33N. The highest BCUT2D eigenvalue weighted by Crippen LogP contribution is 2.34. The normalized spacial score (nSPS) is 18.9. The van der Waals surface area contributed by atoms with Gasteiger partial charge in [0.05, 0.1) is 0 Å². The molecule has 0 amide bonds. The van der Waals surface area contributed by atoms with Crippen LogP contribution in [0.2, 0.25) is 0 Å². The quantitative estimate of drug-likeness (QED) is 0.704. The minimum atomic E-state index is 0.265. The van der Waals surface area contributed by atoms with Crippen LogP contribution in [0.25, 0.3) is 0 Å². The Bertz CT molecular complexity index is 206. The molecule has 1 fully saturated rings. The molecule has 0 heterocycles. The van der Waals surface area contributed by atoms with Crippen molar-refractivity contribution in [3.8, 4) is 0 Å². The second kappa shape index (κ2) is 6.22. The molecule has 0 bridgehead atoms. The predicted octanol–water partition coefficient (Wildman–Crippen LogP) is 4.76. The fourth-order valence-corrected chi connectivity index (χ4v) is 2.79. The van der Waals surface area contributed by atoms with Gasteiger partial charge < -0.3 is 5.32 Å². The molecule has 0 aromatic rings. The molecule has 0 atom stereocenters. The summed E-state index contributed by atoms with van der Waals surface area (Å²) in [6.07, 6.45) is 10.1. The lowest BCUT2D eigenvalue weighted by Gasteiger charge is -2.29. The summed E-state index contributed by atoms with van der Waals surface area (Å²) in [5, 5.41) is 3.61. The molecule has 102 valence electrons. The Morgan fingerprint density at radius 2 is 1.53 bits per heavy atom. The SMILES string of the molecule is CC(C)(CCNC(C)(C)C)CCC1CCCC1. The first-order chi connectivity index (χ1) is 7.79. The van der Waals surface area contributed by atoms with Crippen LogP contribution < -0.4 is 5.32 Å². The molecule has 1 aliphatic carbocycles. The van der Waals surface area contributed by atoms with Crippen molar-refractivity contribution < 1.29 is 0 Å². The van der Waals surface area contributed by atoms with Crippen molar-refractivity contribution in [3.05, 3.63) is 0 Å². The summed E-state index contributed by atoms with van der Waals surface area (Å²) in [6, 6.07) is 0. The summed E-state index contributed by atoms with van der Waals surface area (Å²) in [7, 11) is 0. The number of hydrogen-bond donors (Lipinski definition) is 1. The van der Waals surface area contributed by atoms with Gasteiger partial charge in [-0.25, -0.2) is 0 Å². The first-order valence-electron chi connectivity index (χ1n) is 7.54. The lowest BCUT2D eigenvalue weighted by atomic mass is 9.81. The maximum atomic E-state index is 3.61. The number of nitrogens with one attached hydrogen (secondary N) is 1. The third-order valence-electron chi connectivity index (χ3n) is 4.16. The van der Waals surface area contributed by atoms with Gasteiger partial charge in [0.1, 0.15) is 0 Å². The first-order valence-corrected chi connectivity index (χ1v) is 7.54. The highest BCUT2D eigenvalue weighted by molar-refractivity contribution is 4.77. The van der Waals surface area contributed by atoms with Crippen molar-refractivity contribution in [2.45, 2.75) is 85.1 Å². The van der Waals surface area contributed by atoms with Gasteiger partial charge in [-0.2, -0.15) is 0 Å². The van der Waals surface area contributed by atoms with Crippen LogP contribution in [0.4, 0.5) is 0 Å². The van der Waals surface area contributed by atoms with Crippen molar-refractivity contribution in [1.29, 1.82) is 0 Å². The van der Waals surface area contributed by atoms with Crippen molar-refractivity contribution >= 4 is 0 Å². The van der Waals surface area contributed by atoms with Crippen LogP contribution in [0.15, 0.2) is 0 Å². The van der Waals surface area contributed by atoms with E-state index < -0.39 is 0 Å². The zero-order valence-electron chi connectivity index (χ0n) is 12.7. The molecule has 0 saturated heterocycles. The molecule has 1 rings (SSSR count). The van der Waals surface area contributed by atoms with Crippen LogP contribution in [0.3, 0.4) is 0 Å². The Balaban J connectivity index is 2.16. The fraction of sp³-hybridized carbons (Fsp3) is 1.00. The van der Waals surface area contributed by atoms with E-state index in [0.29, 0.717) is 5.41 Å². The summed E-state index contributed by atoms with van der Waals surface area (Å²) < 4.78 is 0. The molecule has 0 aromatic heterocycles. The molecular weight excluding hydrogens is 206 g/mol. The van der Waals surface area contributed by atoms with E-state index in [0.717, 1.165) is 12.5 Å². The Labute approximate surface area is 109 Å². The smallest absolute Gasteiger partial charge is 0.00965 e. The van der Waals surface area contributed by atoms with E-state index in [1.54, 1.807) is 0 Å². The van der Waals surface area contributed by atoms with E-state index in [4.69, 9.17) is 0 Å². The van der Waals surface area contributed by atoms with E-state index in [9.17, 15) is 0 Å². The Morgan fingerprint density at radius 3 is 2.06 bits per heavy atom. The van der Waals surface area contributed by atoms with Crippen LogP contribution >= 0.6 is 0 Å². The molecule has 0 aromatic carbocycles. The summed E-state index contributed by atoms with van der Waals surface area (Å²) in [5.74, 6) is 1.05. The van der Waals surface area contributed by atoms with Crippen LogP contribution in [0, 0.1) is 11.3 Å². The van der Waals surface area contributed by atoms with Gasteiger partial charge in [-0.1, -0.05) is 39.5 Å². The van der Waals surface area contributed by atoms with E-state index in [2.05, 4.69) is 39.9 Å². The van der Waals surface area contributed by atoms with Crippen molar-refractivity contribution in [2.75, 3.05) is 6.54 Å². The van der Waals surface area contributed by atoms with Crippen molar-refractivity contribution in [1.82, 2.24) is 5.32 Å². The van der Waals surface area contributed by atoms with E-state index in [1.807, 2.05) is 0 Å². The summed E-state index contributed by atoms with van der Waals surface area (Å²) in [5.41, 5.74) is 0.780. The summed E-state index contributed by atoms with van der Waals surface area (Å²) in [4.78, 5) is 0. The summed E-state index contributed by atoms with van der Waals surface area (Å²) >= 11 is 0. The highest BCUT2D eigenvalue weighted by atomic mass is 14.9. The van der Waals surface area contributed by atoms with E-state index in [-0.39, 0.29) is 5.54 Å². The standard InChI is InChI=1S/C16H33N/c1-15(2,3)17-13-12-16(4,5)11-10-14-8-6-7-9-14/h14,17H,6-13H2,1-5H3. The average molecular weight is 239 g/mol. The number of hydrogen-bond acceptors (Lipinski definition) is 1. The lowest BCUT2D eigenvalue weighted by molar-refractivity contribution is 0.258. The van der Waals surface area contributed by atoms with Gasteiger partial charge >= 0.3 is 0 Å². The summed E-state index contributed by atoms with van der Waals surface area (Å²) in [6.45, 7) is 12.8. The van der Waals surface area contributed by atoms with Crippen LogP contribution in [-0.4, -0.2) is 12.1 Å². The zero-order valence-corrected chi connectivity index (χ0v) is 12.7. The van der Waals surface area contributed by atoms with Gasteiger partial charge in [-0.15, -0.1) is 0 Å². The van der Waals surface area contributed by atoms with Crippen molar-refractivity contribution in [3.63, 3.8) is 0 Å². The lowest BCUT2D eigenvalue weighted by Crippen LogP contribution is -2.37. The van der Waals surface area contributed by atoms with Gasteiger partial charge in [-0.3, -0.25) is 0 Å². The second-order valence-corrected chi connectivity index (χ2v) is 7.78. The van der Waals surface area contributed by atoms with Gasteiger partial charge in [0, 0.05) is 5.54 Å². The van der Waals surface area contributed by atoms with Crippen LogP contribution in [0.5, 0.6) is 0 Å². The minimum Gasteiger partial charge on any atom is -0.312 e. The molecule has 0 unspecified atom stereocenters. The fourth-order valence-electron chi connectivity index (χ4n) is 2.79. The molecule has 1 aliphatic rings. The predicted molar refractivity (Wildman–Crippen MR) is 77.3 cm³/mol. The maximum absolute atomic E-state index is 3.61. The Kier molecular flexibility index (Phi) is 5.50. The second-order valence-electron chi connectivity index (χ2n) is 7.78.